The molecule has 0 radical (unpaired) electrons. The normalized spacial score (nSPS) is 13.5. The molecule has 0 amide bonds. The molecule has 0 saturated carbocycles. The lowest BCUT2D eigenvalue weighted by atomic mass is 10.0. The summed E-state index contributed by atoms with van der Waals surface area (Å²) in [6.45, 7) is 6.43. The van der Waals surface area contributed by atoms with Gasteiger partial charge in [-0.05, 0) is 18.4 Å². The Hall–Kier alpha value is -0.980. The smallest absolute Gasteiger partial charge is 0.00557 e. The standard InChI is InChI=1S/C12H21N/c1-6-7-8-9-12(11(2)3)10-13(4)5/h6-11H,1-5H3/b7-6-,9-8-,12-10+. The Morgan fingerprint density at radius 2 is 1.77 bits per heavy atom. The first kappa shape index (κ1) is 12.0. The maximum atomic E-state index is 2.20. The minimum absolute atomic E-state index is 0.573. The van der Waals surface area contributed by atoms with Crippen molar-refractivity contribution in [3.63, 3.8) is 0 Å². The van der Waals surface area contributed by atoms with E-state index in [0.717, 1.165) is 0 Å². The van der Waals surface area contributed by atoms with Crippen LogP contribution in [0.15, 0.2) is 36.1 Å². The number of hydrogen-bond donors (Lipinski definition) is 0. The Kier molecular flexibility index (Phi) is 6.03. The Morgan fingerprint density at radius 3 is 2.15 bits per heavy atom. The van der Waals surface area contributed by atoms with Gasteiger partial charge in [0.25, 0.3) is 0 Å². The number of nitrogens with zero attached hydrogens (tertiary/aromatic N) is 1. The number of rotatable bonds is 4. The summed E-state index contributed by atoms with van der Waals surface area (Å²) < 4.78 is 0. The van der Waals surface area contributed by atoms with Gasteiger partial charge in [0.15, 0.2) is 0 Å². The van der Waals surface area contributed by atoms with Gasteiger partial charge in [0.2, 0.25) is 0 Å². The fourth-order valence-corrected chi connectivity index (χ4v) is 0.960. The van der Waals surface area contributed by atoms with E-state index < -0.39 is 0 Å². The highest BCUT2D eigenvalue weighted by molar-refractivity contribution is 5.23. The molecule has 1 heteroatoms. The lowest BCUT2D eigenvalue weighted by Gasteiger charge is -2.11. The number of hydrogen-bond acceptors (Lipinski definition) is 1. The van der Waals surface area contributed by atoms with E-state index in [4.69, 9.17) is 0 Å². The maximum Gasteiger partial charge on any atom is 0.00557 e. The van der Waals surface area contributed by atoms with Gasteiger partial charge in [-0.1, -0.05) is 38.2 Å². The Morgan fingerprint density at radius 1 is 1.15 bits per heavy atom. The Labute approximate surface area is 82.4 Å². The van der Waals surface area contributed by atoms with Gasteiger partial charge < -0.3 is 4.90 Å². The summed E-state index contributed by atoms with van der Waals surface area (Å²) in [6.07, 6.45) is 10.5. The molecule has 0 atom stereocenters. The molecular formula is C12H21N. The molecule has 1 nitrogen and oxygen atoms in total. The van der Waals surface area contributed by atoms with E-state index in [1.54, 1.807) is 0 Å². The van der Waals surface area contributed by atoms with Crippen LogP contribution in [0.3, 0.4) is 0 Å². The molecule has 74 valence electrons. The second-order valence-corrected chi connectivity index (χ2v) is 3.63. The van der Waals surface area contributed by atoms with Crippen LogP contribution in [-0.2, 0) is 0 Å². The average Bonchev–Trinajstić information content (AvgIpc) is 2.02. The molecule has 0 aromatic rings. The van der Waals surface area contributed by atoms with E-state index in [1.165, 1.54) is 5.57 Å². The first-order chi connectivity index (χ1) is 6.07. The van der Waals surface area contributed by atoms with Gasteiger partial charge in [-0.15, -0.1) is 0 Å². The molecule has 0 bridgehead atoms. The minimum atomic E-state index is 0.573. The lowest BCUT2D eigenvalue weighted by Crippen LogP contribution is -2.04. The fourth-order valence-electron chi connectivity index (χ4n) is 0.960. The van der Waals surface area contributed by atoms with E-state index >= 15 is 0 Å². The molecule has 0 fully saturated rings. The molecule has 0 N–H and O–H groups in total. The van der Waals surface area contributed by atoms with Crippen molar-refractivity contribution in [3.8, 4) is 0 Å². The third kappa shape index (κ3) is 6.21. The zero-order chi connectivity index (χ0) is 10.3. The minimum Gasteiger partial charge on any atom is -0.383 e. The summed E-state index contributed by atoms with van der Waals surface area (Å²) in [5.74, 6) is 0.573. The van der Waals surface area contributed by atoms with Crippen LogP contribution in [0, 0.1) is 5.92 Å². The lowest BCUT2D eigenvalue weighted by molar-refractivity contribution is 0.550. The van der Waals surface area contributed by atoms with Crippen molar-refractivity contribution in [3.05, 3.63) is 36.1 Å². The predicted octanol–water partition coefficient (Wildman–Crippen LogP) is 3.22. The quantitative estimate of drug-likeness (QED) is 0.599. The van der Waals surface area contributed by atoms with E-state index in [-0.39, 0.29) is 0 Å². The molecule has 0 spiro atoms. The van der Waals surface area contributed by atoms with Gasteiger partial charge in [0, 0.05) is 20.3 Å². The van der Waals surface area contributed by atoms with E-state index in [0.29, 0.717) is 5.92 Å². The zero-order valence-electron chi connectivity index (χ0n) is 9.41. The van der Waals surface area contributed by atoms with Crippen molar-refractivity contribution in [1.29, 1.82) is 0 Å². The SMILES string of the molecule is C\C=C/C=C\C(=C/N(C)C)C(C)C. The first-order valence-corrected chi connectivity index (χ1v) is 4.75. The topological polar surface area (TPSA) is 3.24 Å². The summed E-state index contributed by atoms with van der Waals surface area (Å²) in [7, 11) is 4.10. The second-order valence-electron chi connectivity index (χ2n) is 3.63. The summed E-state index contributed by atoms with van der Waals surface area (Å²) >= 11 is 0. The van der Waals surface area contributed by atoms with Gasteiger partial charge in [0.1, 0.15) is 0 Å². The highest BCUT2D eigenvalue weighted by atomic mass is 15.0. The molecule has 0 aromatic heterocycles. The van der Waals surface area contributed by atoms with E-state index in [9.17, 15) is 0 Å². The molecule has 0 heterocycles. The molecule has 0 rings (SSSR count). The average molecular weight is 179 g/mol. The van der Waals surface area contributed by atoms with Gasteiger partial charge >= 0.3 is 0 Å². The fraction of sp³-hybridized carbons (Fsp3) is 0.500. The molecule has 0 aliphatic rings. The van der Waals surface area contributed by atoms with Crippen molar-refractivity contribution >= 4 is 0 Å². The molecule has 13 heavy (non-hydrogen) atoms. The summed E-state index contributed by atoms with van der Waals surface area (Å²) in [4.78, 5) is 2.08. The third-order valence-corrected chi connectivity index (χ3v) is 1.67. The van der Waals surface area contributed by atoms with Crippen molar-refractivity contribution in [2.45, 2.75) is 20.8 Å². The van der Waals surface area contributed by atoms with Crippen LogP contribution in [-0.4, -0.2) is 19.0 Å². The van der Waals surface area contributed by atoms with Gasteiger partial charge in [-0.25, -0.2) is 0 Å². The second kappa shape index (κ2) is 6.53. The van der Waals surface area contributed by atoms with Crippen LogP contribution in [0.4, 0.5) is 0 Å². The summed E-state index contributed by atoms with van der Waals surface area (Å²) in [5, 5.41) is 0. The molecular weight excluding hydrogens is 158 g/mol. The van der Waals surface area contributed by atoms with Crippen molar-refractivity contribution in [2.75, 3.05) is 14.1 Å². The largest absolute Gasteiger partial charge is 0.383 e. The predicted molar refractivity (Wildman–Crippen MR) is 60.6 cm³/mol. The van der Waals surface area contributed by atoms with Crippen LogP contribution >= 0.6 is 0 Å². The molecule has 0 aliphatic heterocycles. The summed E-state index contributed by atoms with van der Waals surface area (Å²) in [5.41, 5.74) is 1.35. The number of allylic oxidation sites excluding steroid dienone is 5. The Balaban J connectivity index is 4.44. The zero-order valence-corrected chi connectivity index (χ0v) is 9.41. The molecule has 0 saturated heterocycles. The van der Waals surface area contributed by atoms with Crippen LogP contribution in [0.1, 0.15) is 20.8 Å². The Bertz CT molecular complexity index is 207. The highest BCUT2D eigenvalue weighted by Gasteiger charge is 1.98. The van der Waals surface area contributed by atoms with Crippen molar-refractivity contribution < 1.29 is 0 Å². The molecule has 0 aliphatic carbocycles. The van der Waals surface area contributed by atoms with Crippen LogP contribution in [0.2, 0.25) is 0 Å². The van der Waals surface area contributed by atoms with E-state index in [2.05, 4.69) is 37.1 Å². The van der Waals surface area contributed by atoms with Crippen LogP contribution < -0.4 is 0 Å². The molecule has 0 unspecified atom stereocenters. The van der Waals surface area contributed by atoms with Crippen LogP contribution in [0.5, 0.6) is 0 Å². The van der Waals surface area contributed by atoms with Gasteiger partial charge in [-0.2, -0.15) is 0 Å². The van der Waals surface area contributed by atoms with Gasteiger partial charge in [0.05, 0.1) is 0 Å². The first-order valence-electron chi connectivity index (χ1n) is 4.75. The maximum absolute atomic E-state index is 2.20. The highest BCUT2D eigenvalue weighted by Crippen LogP contribution is 2.11. The van der Waals surface area contributed by atoms with Crippen molar-refractivity contribution in [2.24, 2.45) is 5.92 Å². The monoisotopic (exact) mass is 179 g/mol. The van der Waals surface area contributed by atoms with Crippen molar-refractivity contribution in [1.82, 2.24) is 4.90 Å². The third-order valence-electron chi connectivity index (χ3n) is 1.67. The van der Waals surface area contributed by atoms with Gasteiger partial charge in [-0.3, -0.25) is 0 Å². The molecule has 0 aromatic carbocycles. The van der Waals surface area contributed by atoms with E-state index in [1.807, 2.05) is 33.2 Å². The summed E-state index contributed by atoms with van der Waals surface area (Å²) in [6, 6.07) is 0. The van der Waals surface area contributed by atoms with Crippen LogP contribution in [0.25, 0.3) is 0 Å².